The summed E-state index contributed by atoms with van der Waals surface area (Å²) in [6, 6.07) is 6.82. The summed E-state index contributed by atoms with van der Waals surface area (Å²) in [6.07, 6.45) is 5.22. The molecule has 0 saturated carbocycles. The standard InChI is InChI=1S/C24H34N2O4/c1-3-16(4-2)11-22(28)25-13-19-20-14-26(15-24(20)10-9-21(19)30-24)23(29)12-17-5-7-18(27)8-6-17/h5-8,16,19-21,27H,3-4,9-15H2,1-2H3,(H,25,28)/t19-,20+,21+,24+/m0/s1. The zero-order chi connectivity index (χ0) is 21.3. The fourth-order valence-corrected chi connectivity index (χ4v) is 5.70. The highest BCUT2D eigenvalue weighted by atomic mass is 16.5. The number of hydrogen-bond donors (Lipinski definition) is 2. The number of nitrogens with one attached hydrogen (secondary N) is 1. The third-order valence-corrected chi connectivity index (χ3v) is 7.59. The van der Waals surface area contributed by atoms with Crippen LogP contribution in [0.5, 0.6) is 5.75 Å². The van der Waals surface area contributed by atoms with Crippen LogP contribution in [-0.2, 0) is 20.7 Å². The Hall–Kier alpha value is -2.08. The molecule has 1 aromatic rings. The second kappa shape index (κ2) is 8.58. The topological polar surface area (TPSA) is 78.9 Å². The van der Waals surface area contributed by atoms with E-state index in [0.29, 0.717) is 44.3 Å². The molecule has 2 amide bonds. The number of amides is 2. The lowest BCUT2D eigenvalue weighted by Crippen LogP contribution is -2.42. The molecule has 3 heterocycles. The lowest BCUT2D eigenvalue weighted by atomic mass is 9.73. The zero-order valence-corrected chi connectivity index (χ0v) is 18.1. The number of nitrogens with zero attached hydrogens (tertiary/aromatic N) is 1. The van der Waals surface area contributed by atoms with Gasteiger partial charge in [0.2, 0.25) is 11.8 Å². The van der Waals surface area contributed by atoms with Gasteiger partial charge >= 0.3 is 0 Å². The number of aromatic hydroxyl groups is 1. The highest BCUT2D eigenvalue weighted by molar-refractivity contribution is 5.79. The number of rotatable bonds is 8. The summed E-state index contributed by atoms with van der Waals surface area (Å²) in [5.74, 6) is 1.49. The minimum absolute atomic E-state index is 0.105. The van der Waals surface area contributed by atoms with Crippen LogP contribution in [0.1, 0.15) is 51.5 Å². The number of hydrogen-bond acceptors (Lipinski definition) is 4. The fraction of sp³-hybridized carbons (Fsp3) is 0.667. The number of ether oxygens (including phenoxy) is 1. The van der Waals surface area contributed by atoms with Crippen LogP contribution in [0.3, 0.4) is 0 Å². The van der Waals surface area contributed by atoms with Gasteiger partial charge in [-0.25, -0.2) is 0 Å². The van der Waals surface area contributed by atoms with Gasteiger partial charge in [-0.2, -0.15) is 0 Å². The normalized spacial score (nSPS) is 29.4. The van der Waals surface area contributed by atoms with Crippen LogP contribution in [0, 0.1) is 17.8 Å². The summed E-state index contributed by atoms with van der Waals surface area (Å²) in [4.78, 5) is 27.2. The van der Waals surface area contributed by atoms with Crippen LogP contribution in [0.25, 0.3) is 0 Å². The van der Waals surface area contributed by atoms with E-state index >= 15 is 0 Å². The van der Waals surface area contributed by atoms with Gasteiger partial charge in [0, 0.05) is 31.3 Å². The Morgan fingerprint density at radius 3 is 2.70 bits per heavy atom. The van der Waals surface area contributed by atoms with E-state index in [1.54, 1.807) is 24.3 Å². The Kier molecular flexibility index (Phi) is 6.05. The lowest BCUT2D eigenvalue weighted by molar-refractivity contribution is -0.131. The predicted octanol–water partition coefficient (Wildman–Crippen LogP) is 2.88. The van der Waals surface area contributed by atoms with Crippen molar-refractivity contribution in [2.45, 2.75) is 64.1 Å². The Bertz CT molecular complexity index is 776. The third kappa shape index (κ3) is 4.07. The van der Waals surface area contributed by atoms with Gasteiger partial charge in [0.25, 0.3) is 0 Å². The van der Waals surface area contributed by atoms with Gasteiger partial charge in [-0.15, -0.1) is 0 Å². The molecule has 3 saturated heterocycles. The first kappa shape index (κ1) is 21.2. The molecule has 3 fully saturated rings. The number of phenols is 1. The van der Waals surface area contributed by atoms with Crippen molar-refractivity contribution in [3.8, 4) is 5.75 Å². The minimum Gasteiger partial charge on any atom is -0.508 e. The fourth-order valence-electron chi connectivity index (χ4n) is 5.70. The van der Waals surface area contributed by atoms with Crippen molar-refractivity contribution in [2.24, 2.45) is 17.8 Å². The number of phenolic OH excluding ortho intramolecular Hbond substituents is 1. The van der Waals surface area contributed by atoms with Crippen molar-refractivity contribution in [3.63, 3.8) is 0 Å². The molecule has 6 nitrogen and oxygen atoms in total. The molecular formula is C24H34N2O4. The molecule has 0 aromatic heterocycles. The van der Waals surface area contributed by atoms with Crippen LogP contribution in [0.2, 0.25) is 0 Å². The highest BCUT2D eigenvalue weighted by Gasteiger charge is 2.63. The largest absolute Gasteiger partial charge is 0.508 e. The molecular weight excluding hydrogens is 380 g/mol. The SMILES string of the molecule is CCC(CC)CC(=O)NC[C@H]1[C@H]2CN(C(=O)Cc3ccc(O)cc3)C[C@]23CC[C@H]1O3. The monoisotopic (exact) mass is 414 g/mol. The molecule has 0 aliphatic carbocycles. The van der Waals surface area contributed by atoms with E-state index in [1.165, 1.54) is 0 Å². The number of fused-ring (bicyclic) bond motifs is 1. The maximum Gasteiger partial charge on any atom is 0.227 e. The summed E-state index contributed by atoms with van der Waals surface area (Å²) in [7, 11) is 0. The molecule has 164 valence electrons. The molecule has 0 unspecified atom stereocenters. The molecule has 4 rings (SSSR count). The van der Waals surface area contributed by atoms with Crippen molar-refractivity contribution in [2.75, 3.05) is 19.6 Å². The number of carbonyl (C=O) groups excluding carboxylic acids is 2. The molecule has 3 aliphatic heterocycles. The maximum absolute atomic E-state index is 12.9. The molecule has 30 heavy (non-hydrogen) atoms. The number of benzene rings is 1. The molecule has 0 radical (unpaired) electrons. The summed E-state index contributed by atoms with van der Waals surface area (Å²) in [5, 5.41) is 12.6. The van der Waals surface area contributed by atoms with Crippen molar-refractivity contribution >= 4 is 11.8 Å². The Labute approximate surface area is 179 Å². The molecule has 1 spiro atoms. The summed E-state index contributed by atoms with van der Waals surface area (Å²) in [6.45, 7) is 6.29. The quantitative estimate of drug-likeness (QED) is 0.686. The summed E-state index contributed by atoms with van der Waals surface area (Å²) in [5.41, 5.74) is 0.683. The van der Waals surface area contributed by atoms with E-state index in [4.69, 9.17) is 4.74 Å². The van der Waals surface area contributed by atoms with Gasteiger partial charge in [-0.1, -0.05) is 38.8 Å². The molecule has 1 aromatic carbocycles. The van der Waals surface area contributed by atoms with Gasteiger partial charge in [0.05, 0.1) is 24.7 Å². The van der Waals surface area contributed by atoms with Crippen molar-refractivity contribution in [1.29, 1.82) is 0 Å². The lowest BCUT2D eigenvalue weighted by Gasteiger charge is -2.29. The average molecular weight is 415 g/mol. The van der Waals surface area contributed by atoms with Crippen LogP contribution < -0.4 is 5.32 Å². The van der Waals surface area contributed by atoms with Crippen molar-refractivity contribution in [3.05, 3.63) is 29.8 Å². The summed E-state index contributed by atoms with van der Waals surface area (Å²) < 4.78 is 6.42. The van der Waals surface area contributed by atoms with Crippen LogP contribution in [0.15, 0.2) is 24.3 Å². The molecule has 4 atom stereocenters. The zero-order valence-electron chi connectivity index (χ0n) is 18.1. The minimum atomic E-state index is -0.222. The van der Waals surface area contributed by atoms with Crippen LogP contribution in [-0.4, -0.2) is 53.2 Å². The average Bonchev–Trinajstić information content (AvgIpc) is 3.40. The number of likely N-dealkylation sites (tertiary alicyclic amines) is 1. The first-order chi connectivity index (χ1) is 14.4. The van der Waals surface area contributed by atoms with E-state index < -0.39 is 0 Å². The van der Waals surface area contributed by atoms with E-state index in [-0.39, 0.29) is 35.2 Å². The van der Waals surface area contributed by atoms with Gasteiger partial charge in [-0.05, 0) is 36.5 Å². The molecule has 2 N–H and O–H groups in total. The first-order valence-corrected chi connectivity index (χ1v) is 11.4. The highest BCUT2D eigenvalue weighted by Crippen LogP contribution is 2.54. The van der Waals surface area contributed by atoms with Crippen molar-refractivity contribution < 1.29 is 19.4 Å². The van der Waals surface area contributed by atoms with E-state index in [9.17, 15) is 14.7 Å². The Balaban J connectivity index is 1.35. The van der Waals surface area contributed by atoms with E-state index in [2.05, 4.69) is 19.2 Å². The maximum atomic E-state index is 12.9. The molecule has 6 heteroatoms. The number of carbonyl (C=O) groups is 2. The first-order valence-electron chi connectivity index (χ1n) is 11.4. The van der Waals surface area contributed by atoms with Crippen molar-refractivity contribution in [1.82, 2.24) is 10.2 Å². The van der Waals surface area contributed by atoms with Crippen LogP contribution >= 0.6 is 0 Å². The smallest absolute Gasteiger partial charge is 0.227 e. The van der Waals surface area contributed by atoms with E-state index in [0.717, 1.165) is 31.2 Å². The third-order valence-electron chi connectivity index (χ3n) is 7.59. The second-order valence-corrected chi connectivity index (χ2v) is 9.34. The van der Waals surface area contributed by atoms with Gasteiger partial charge in [0.15, 0.2) is 0 Å². The van der Waals surface area contributed by atoms with E-state index in [1.807, 2.05) is 4.90 Å². The van der Waals surface area contributed by atoms with Gasteiger partial charge in [-0.3, -0.25) is 9.59 Å². The Morgan fingerprint density at radius 1 is 1.27 bits per heavy atom. The van der Waals surface area contributed by atoms with Crippen LogP contribution in [0.4, 0.5) is 0 Å². The summed E-state index contributed by atoms with van der Waals surface area (Å²) >= 11 is 0. The van der Waals surface area contributed by atoms with Gasteiger partial charge in [0.1, 0.15) is 5.75 Å². The molecule has 3 aliphatic rings. The predicted molar refractivity (Wildman–Crippen MR) is 114 cm³/mol. The second-order valence-electron chi connectivity index (χ2n) is 9.34. The molecule has 2 bridgehead atoms. The van der Waals surface area contributed by atoms with Gasteiger partial charge < -0.3 is 20.1 Å². The Morgan fingerprint density at radius 2 is 2.00 bits per heavy atom.